The van der Waals surface area contributed by atoms with Gasteiger partial charge >= 0.3 is 0 Å². The molecule has 1 unspecified atom stereocenters. The third kappa shape index (κ3) is 3.80. The molecule has 0 spiro atoms. The molecular weight excluding hydrogens is 330 g/mol. The summed E-state index contributed by atoms with van der Waals surface area (Å²) in [4.78, 5) is 19.2. The second-order valence-electron chi connectivity index (χ2n) is 5.31. The van der Waals surface area contributed by atoms with Gasteiger partial charge in [-0.3, -0.25) is 4.79 Å². The summed E-state index contributed by atoms with van der Waals surface area (Å²) in [6, 6.07) is 8.25. The number of H-pyrrole nitrogens is 1. The molecule has 0 saturated carbocycles. The Bertz CT molecular complexity index is 679. The van der Waals surface area contributed by atoms with Gasteiger partial charge in [0, 0.05) is 22.3 Å². The van der Waals surface area contributed by atoms with Crippen LogP contribution in [0.25, 0.3) is 0 Å². The molecule has 2 atom stereocenters. The molecule has 4 nitrogen and oxygen atoms in total. The fourth-order valence-corrected chi connectivity index (χ4v) is 2.82. The predicted molar refractivity (Wildman–Crippen MR) is 88.4 cm³/mol. The van der Waals surface area contributed by atoms with Crippen LogP contribution in [0.2, 0.25) is 0 Å². The van der Waals surface area contributed by atoms with E-state index in [0.29, 0.717) is 11.4 Å². The zero-order valence-electron chi connectivity index (χ0n) is 12.7. The van der Waals surface area contributed by atoms with E-state index in [1.54, 1.807) is 6.92 Å². The lowest BCUT2D eigenvalue weighted by atomic mass is 10.0. The largest absolute Gasteiger partial charge is 0.310 e. The van der Waals surface area contributed by atoms with Gasteiger partial charge in [0.15, 0.2) is 0 Å². The fourth-order valence-electron chi connectivity index (χ4n) is 2.55. The van der Waals surface area contributed by atoms with Crippen molar-refractivity contribution in [1.29, 1.82) is 0 Å². The fraction of sp³-hybridized carbons (Fsp3) is 0.375. The van der Waals surface area contributed by atoms with E-state index in [9.17, 15) is 4.79 Å². The van der Waals surface area contributed by atoms with Gasteiger partial charge in [-0.25, -0.2) is 4.98 Å². The first-order valence-corrected chi connectivity index (χ1v) is 7.76. The molecule has 0 saturated heterocycles. The molecule has 0 radical (unpaired) electrons. The molecule has 1 heterocycles. The van der Waals surface area contributed by atoms with Crippen LogP contribution in [0.4, 0.5) is 0 Å². The van der Waals surface area contributed by atoms with Gasteiger partial charge in [0.2, 0.25) is 0 Å². The summed E-state index contributed by atoms with van der Waals surface area (Å²) in [5.74, 6) is 0.648. The van der Waals surface area contributed by atoms with Crippen LogP contribution in [0.3, 0.4) is 0 Å². The Balaban J connectivity index is 2.20. The molecule has 1 aromatic heterocycles. The van der Waals surface area contributed by atoms with Crippen molar-refractivity contribution >= 4 is 15.9 Å². The molecular formula is C16H20BrN3O. The first-order valence-electron chi connectivity index (χ1n) is 6.97. The molecule has 21 heavy (non-hydrogen) atoms. The normalized spacial score (nSPS) is 14.0. The molecule has 0 aliphatic carbocycles. The molecule has 2 rings (SSSR count). The zero-order chi connectivity index (χ0) is 15.6. The Kier molecular flexibility index (Phi) is 4.96. The van der Waals surface area contributed by atoms with E-state index in [1.165, 1.54) is 5.56 Å². The minimum Gasteiger partial charge on any atom is -0.310 e. The summed E-state index contributed by atoms with van der Waals surface area (Å²) in [6.45, 7) is 7.75. The van der Waals surface area contributed by atoms with E-state index in [0.717, 1.165) is 10.2 Å². The quantitative estimate of drug-likeness (QED) is 0.887. The highest BCUT2D eigenvalue weighted by molar-refractivity contribution is 9.10. The maximum Gasteiger partial charge on any atom is 0.255 e. The average molecular weight is 350 g/mol. The van der Waals surface area contributed by atoms with Crippen LogP contribution in [-0.2, 0) is 0 Å². The molecule has 0 amide bonds. The summed E-state index contributed by atoms with van der Waals surface area (Å²) in [7, 11) is 0. The molecule has 112 valence electrons. The van der Waals surface area contributed by atoms with Gasteiger partial charge in [0.05, 0.1) is 5.56 Å². The standard InChI is InChI=1S/C16H20BrN3O/c1-9(13-5-7-14(17)8-6-13)18-10(2)15-11(3)19-12(4)20-16(15)21/h5-10,18H,1-4H3,(H,19,20,21)/t9-,10?/m1/s1. The zero-order valence-corrected chi connectivity index (χ0v) is 14.3. The van der Waals surface area contributed by atoms with Crippen molar-refractivity contribution in [3.63, 3.8) is 0 Å². The molecule has 5 heteroatoms. The SMILES string of the molecule is Cc1nc(C)c(C(C)N[C@H](C)c2ccc(Br)cc2)c(=O)[nH]1. The Hall–Kier alpha value is -1.46. The van der Waals surface area contributed by atoms with Crippen molar-refractivity contribution in [3.8, 4) is 0 Å². The number of benzene rings is 1. The molecule has 2 N–H and O–H groups in total. The van der Waals surface area contributed by atoms with Gasteiger partial charge in [-0.2, -0.15) is 0 Å². The maximum absolute atomic E-state index is 12.1. The van der Waals surface area contributed by atoms with Crippen molar-refractivity contribution in [2.24, 2.45) is 0 Å². The topological polar surface area (TPSA) is 57.8 Å². The molecule has 0 aliphatic heterocycles. The third-order valence-electron chi connectivity index (χ3n) is 3.57. The van der Waals surface area contributed by atoms with E-state index < -0.39 is 0 Å². The molecule has 0 bridgehead atoms. The number of nitrogens with zero attached hydrogens (tertiary/aromatic N) is 1. The van der Waals surface area contributed by atoms with Crippen LogP contribution < -0.4 is 10.9 Å². The lowest BCUT2D eigenvalue weighted by Crippen LogP contribution is -2.29. The van der Waals surface area contributed by atoms with Gasteiger partial charge < -0.3 is 10.3 Å². The Labute approximate surface area is 133 Å². The summed E-state index contributed by atoms with van der Waals surface area (Å²) in [6.07, 6.45) is 0. The minimum absolute atomic E-state index is 0.0667. The molecule has 0 fully saturated rings. The van der Waals surface area contributed by atoms with E-state index in [2.05, 4.69) is 50.3 Å². The van der Waals surface area contributed by atoms with E-state index >= 15 is 0 Å². The highest BCUT2D eigenvalue weighted by Crippen LogP contribution is 2.20. The summed E-state index contributed by atoms with van der Waals surface area (Å²) >= 11 is 3.43. The smallest absolute Gasteiger partial charge is 0.255 e. The third-order valence-corrected chi connectivity index (χ3v) is 4.10. The van der Waals surface area contributed by atoms with Crippen molar-refractivity contribution in [2.75, 3.05) is 0 Å². The summed E-state index contributed by atoms with van der Waals surface area (Å²) in [5, 5.41) is 3.46. The second-order valence-corrected chi connectivity index (χ2v) is 6.23. The first-order chi connectivity index (χ1) is 9.88. The Morgan fingerprint density at radius 2 is 1.76 bits per heavy atom. The van der Waals surface area contributed by atoms with Crippen molar-refractivity contribution in [3.05, 3.63) is 61.7 Å². The van der Waals surface area contributed by atoms with Crippen molar-refractivity contribution in [1.82, 2.24) is 15.3 Å². The second kappa shape index (κ2) is 6.54. The first kappa shape index (κ1) is 15.9. The number of hydrogen-bond acceptors (Lipinski definition) is 3. The molecule has 2 aromatic rings. The van der Waals surface area contributed by atoms with Crippen LogP contribution in [0.5, 0.6) is 0 Å². The molecule has 0 aliphatic rings. The Morgan fingerprint density at radius 3 is 2.33 bits per heavy atom. The number of aromatic amines is 1. The number of halogens is 1. The average Bonchev–Trinajstić information content (AvgIpc) is 2.37. The van der Waals surface area contributed by atoms with Gasteiger partial charge in [-0.15, -0.1) is 0 Å². The van der Waals surface area contributed by atoms with Gasteiger partial charge in [0.25, 0.3) is 5.56 Å². The maximum atomic E-state index is 12.1. The summed E-state index contributed by atoms with van der Waals surface area (Å²) in [5.41, 5.74) is 2.59. The van der Waals surface area contributed by atoms with Crippen molar-refractivity contribution < 1.29 is 0 Å². The van der Waals surface area contributed by atoms with E-state index in [-0.39, 0.29) is 17.6 Å². The van der Waals surface area contributed by atoms with Crippen molar-refractivity contribution in [2.45, 2.75) is 39.8 Å². The lowest BCUT2D eigenvalue weighted by Gasteiger charge is -2.21. The number of aryl methyl sites for hydroxylation is 2. The Morgan fingerprint density at radius 1 is 1.14 bits per heavy atom. The highest BCUT2D eigenvalue weighted by atomic mass is 79.9. The molecule has 1 aromatic carbocycles. The van der Waals surface area contributed by atoms with Crippen LogP contribution >= 0.6 is 15.9 Å². The number of hydrogen-bond donors (Lipinski definition) is 2. The van der Waals surface area contributed by atoms with E-state index in [1.807, 2.05) is 26.0 Å². The van der Waals surface area contributed by atoms with Gasteiger partial charge in [0.1, 0.15) is 5.82 Å². The van der Waals surface area contributed by atoms with Crippen LogP contribution in [0.1, 0.15) is 48.6 Å². The van der Waals surface area contributed by atoms with Crippen LogP contribution in [0, 0.1) is 13.8 Å². The van der Waals surface area contributed by atoms with Gasteiger partial charge in [-0.05, 0) is 45.4 Å². The van der Waals surface area contributed by atoms with E-state index in [4.69, 9.17) is 0 Å². The summed E-state index contributed by atoms with van der Waals surface area (Å²) < 4.78 is 1.06. The monoisotopic (exact) mass is 349 g/mol. The number of nitrogens with one attached hydrogen (secondary N) is 2. The highest BCUT2D eigenvalue weighted by Gasteiger charge is 2.17. The van der Waals surface area contributed by atoms with Crippen LogP contribution in [0.15, 0.2) is 33.5 Å². The lowest BCUT2D eigenvalue weighted by molar-refractivity contribution is 0.487. The number of rotatable bonds is 4. The number of aromatic nitrogens is 2. The van der Waals surface area contributed by atoms with Crippen LogP contribution in [-0.4, -0.2) is 9.97 Å². The predicted octanol–water partition coefficient (Wildman–Crippen LogP) is 3.56. The minimum atomic E-state index is -0.0690. The van der Waals surface area contributed by atoms with Gasteiger partial charge in [-0.1, -0.05) is 28.1 Å².